The lowest BCUT2D eigenvalue weighted by atomic mass is 9.82. The Bertz CT molecular complexity index is 1970. The number of alkyl halides is 6. The highest BCUT2D eigenvalue weighted by molar-refractivity contribution is 6.11. The summed E-state index contributed by atoms with van der Waals surface area (Å²) in [5.41, 5.74) is -1.02. The number of hydrogen-bond acceptors (Lipinski definition) is 8. The number of piperidine rings is 1. The van der Waals surface area contributed by atoms with E-state index in [-0.39, 0.29) is 61.9 Å². The second kappa shape index (κ2) is 13.8. The van der Waals surface area contributed by atoms with E-state index in [1.54, 1.807) is 24.3 Å². The molecule has 17 heteroatoms. The third-order valence-electron chi connectivity index (χ3n) is 10.0. The van der Waals surface area contributed by atoms with Gasteiger partial charge in [0.1, 0.15) is 17.2 Å². The first-order valence-electron chi connectivity index (χ1n) is 17.0. The molecule has 10 nitrogen and oxygen atoms in total. The van der Waals surface area contributed by atoms with Gasteiger partial charge in [-0.25, -0.2) is 9.38 Å². The number of aliphatic imine (C=N–C) groups is 1. The average Bonchev–Trinajstić information content (AvgIpc) is 3.85. The number of carboxylic acid groups (broad SMARTS) is 1. The van der Waals surface area contributed by atoms with Crippen molar-refractivity contribution in [2.75, 3.05) is 38.1 Å². The number of carbonyl (C=O) groups excluding carboxylic acids is 1. The number of ether oxygens (including phenoxy) is 1. The fourth-order valence-corrected chi connectivity index (χ4v) is 7.41. The number of hydrogen-bond donors (Lipinski definition) is 2. The molecule has 0 bridgehead atoms. The van der Waals surface area contributed by atoms with E-state index in [4.69, 9.17) is 19.3 Å². The van der Waals surface area contributed by atoms with Crippen LogP contribution in [0.4, 0.5) is 36.4 Å². The molecule has 2 N–H and O–H groups in total. The van der Waals surface area contributed by atoms with Crippen LogP contribution in [0.1, 0.15) is 59.9 Å². The van der Waals surface area contributed by atoms with E-state index in [0.29, 0.717) is 37.3 Å². The predicted molar refractivity (Wildman–Crippen MR) is 175 cm³/mol. The van der Waals surface area contributed by atoms with Crippen LogP contribution < -0.4 is 5.32 Å². The summed E-state index contributed by atoms with van der Waals surface area (Å²) in [7, 11) is 0. The second-order valence-electron chi connectivity index (χ2n) is 13.4. The second-order valence-corrected chi connectivity index (χ2v) is 13.4. The van der Waals surface area contributed by atoms with Crippen molar-refractivity contribution in [3.05, 3.63) is 99.9 Å². The van der Waals surface area contributed by atoms with Gasteiger partial charge in [-0.1, -0.05) is 18.2 Å². The Morgan fingerprint density at radius 1 is 1.00 bits per heavy atom. The number of furan rings is 1. The third-order valence-corrected chi connectivity index (χ3v) is 10.0. The zero-order chi connectivity index (χ0) is 37.7. The summed E-state index contributed by atoms with van der Waals surface area (Å²) < 4.78 is 108. The van der Waals surface area contributed by atoms with E-state index in [0.717, 1.165) is 24.3 Å². The number of nitrogens with zero attached hydrogens (tertiary/aromatic N) is 4. The number of carboxylic acids is 1. The topological polar surface area (TPSA) is 111 Å². The van der Waals surface area contributed by atoms with Gasteiger partial charge >= 0.3 is 18.3 Å². The van der Waals surface area contributed by atoms with Gasteiger partial charge in [-0.3, -0.25) is 19.4 Å². The van der Waals surface area contributed by atoms with Crippen LogP contribution >= 0.6 is 0 Å². The summed E-state index contributed by atoms with van der Waals surface area (Å²) in [6, 6.07) is 11.4. The minimum atomic E-state index is -4.87. The fraction of sp³-hybridized carbons (Fsp3) is 0.417. The summed E-state index contributed by atoms with van der Waals surface area (Å²) >= 11 is 0. The molecule has 1 spiro atoms. The van der Waals surface area contributed by atoms with Crippen molar-refractivity contribution in [2.45, 2.75) is 62.8 Å². The Balaban J connectivity index is 1.18. The molecule has 4 aliphatic heterocycles. The van der Waals surface area contributed by atoms with E-state index in [1.807, 2.05) is 4.90 Å². The summed E-state index contributed by atoms with van der Waals surface area (Å²) in [6.07, 6.45) is -8.61. The van der Waals surface area contributed by atoms with Crippen molar-refractivity contribution in [1.29, 1.82) is 0 Å². The predicted octanol–water partition coefficient (Wildman–Crippen LogP) is 6.81. The van der Waals surface area contributed by atoms with Gasteiger partial charge in [0.2, 0.25) is 11.7 Å². The van der Waals surface area contributed by atoms with Gasteiger partial charge in [0.15, 0.2) is 0 Å². The summed E-state index contributed by atoms with van der Waals surface area (Å²) in [4.78, 5) is 34.8. The number of guanidine groups is 1. The van der Waals surface area contributed by atoms with E-state index in [9.17, 15) is 35.9 Å². The molecule has 1 unspecified atom stereocenters. The SMILES string of the molecule is O=C(O)CCCNc1cccc(C2CN3C(=O)C4=C(COC45CCN(Cc4ccc(C(F)(F)F)o4)CC5)N(Cc4c(F)cccc4C(F)(F)F)C3=N2)c1. The summed E-state index contributed by atoms with van der Waals surface area (Å²) in [5, 5.41) is 12.1. The zero-order valence-corrected chi connectivity index (χ0v) is 28.1. The number of benzene rings is 2. The van der Waals surface area contributed by atoms with Crippen LogP contribution in [0, 0.1) is 5.82 Å². The maximum Gasteiger partial charge on any atom is 0.449 e. The molecule has 1 aromatic heterocycles. The van der Waals surface area contributed by atoms with Crippen molar-refractivity contribution in [3.8, 4) is 0 Å². The monoisotopic (exact) mass is 749 g/mol. The molecule has 0 saturated carbocycles. The number of fused-ring (bicyclic) bond motifs is 2. The molecule has 282 valence electrons. The van der Waals surface area contributed by atoms with E-state index in [1.165, 1.54) is 15.9 Å². The molecule has 4 aliphatic rings. The first-order valence-corrected chi connectivity index (χ1v) is 17.0. The van der Waals surface area contributed by atoms with Crippen molar-refractivity contribution in [2.24, 2.45) is 4.99 Å². The van der Waals surface area contributed by atoms with E-state index < -0.39 is 65.1 Å². The standard InChI is InChI=1S/C36H34F7N5O5/c37-26-7-2-6-25(35(38,39)40)24(26)18-47-28-20-52-34(11-14-46(15-12-34)17-23-9-10-29(53-23)36(41,42)43)31(28)32(51)48-19-27(45-33(47)48)21-4-1-5-22(16-21)44-13-3-8-30(49)50/h1-2,4-7,9-10,16,27,44H,3,8,11-15,17-20H2,(H,49,50). The fourth-order valence-electron chi connectivity index (χ4n) is 7.41. The van der Waals surface area contributed by atoms with E-state index in [2.05, 4.69) is 5.32 Å². The van der Waals surface area contributed by atoms with Gasteiger partial charge in [0.05, 0.1) is 49.1 Å². The smallest absolute Gasteiger partial charge is 0.449 e. The van der Waals surface area contributed by atoms with Crippen molar-refractivity contribution in [3.63, 3.8) is 0 Å². The average molecular weight is 750 g/mol. The lowest BCUT2D eigenvalue weighted by Gasteiger charge is -2.42. The van der Waals surface area contributed by atoms with Crippen LogP contribution in [0.5, 0.6) is 0 Å². The van der Waals surface area contributed by atoms with Gasteiger partial charge in [0, 0.05) is 37.3 Å². The van der Waals surface area contributed by atoms with Gasteiger partial charge < -0.3 is 24.5 Å². The largest absolute Gasteiger partial charge is 0.481 e. The molecular formula is C36H34F7N5O5. The highest BCUT2D eigenvalue weighted by Crippen LogP contribution is 2.47. The number of rotatable bonds is 10. The molecule has 2 aromatic carbocycles. The Hall–Kier alpha value is -4.90. The number of aliphatic carboxylic acids is 1. The lowest BCUT2D eigenvalue weighted by molar-refractivity contribution is -0.153. The van der Waals surface area contributed by atoms with Crippen LogP contribution in [0.15, 0.2) is 75.3 Å². The molecule has 53 heavy (non-hydrogen) atoms. The molecular weight excluding hydrogens is 715 g/mol. The zero-order valence-electron chi connectivity index (χ0n) is 28.1. The third kappa shape index (κ3) is 7.23. The Kier molecular flexibility index (Phi) is 9.51. The van der Waals surface area contributed by atoms with Gasteiger partial charge in [-0.15, -0.1) is 0 Å². The number of amides is 1. The molecule has 1 atom stereocenters. The number of carbonyl (C=O) groups is 2. The van der Waals surface area contributed by atoms with Crippen LogP contribution in [-0.4, -0.2) is 76.0 Å². The Morgan fingerprint density at radius 2 is 1.75 bits per heavy atom. The number of halogens is 7. The van der Waals surface area contributed by atoms with Crippen LogP contribution in [-0.2, 0) is 39.8 Å². The van der Waals surface area contributed by atoms with Crippen LogP contribution in [0.3, 0.4) is 0 Å². The molecule has 3 aromatic rings. The highest BCUT2D eigenvalue weighted by Gasteiger charge is 2.55. The van der Waals surface area contributed by atoms with Gasteiger partial charge in [-0.2, -0.15) is 26.3 Å². The highest BCUT2D eigenvalue weighted by atomic mass is 19.4. The minimum absolute atomic E-state index is 0.0123. The van der Waals surface area contributed by atoms with Crippen molar-refractivity contribution in [1.82, 2.24) is 14.7 Å². The quantitative estimate of drug-likeness (QED) is 0.172. The lowest BCUT2D eigenvalue weighted by Crippen LogP contribution is -2.54. The number of anilines is 1. The van der Waals surface area contributed by atoms with Crippen molar-refractivity contribution < 1.29 is 54.6 Å². The summed E-state index contributed by atoms with van der Waals surface area (Å²) in [6.45, 7) is 0.397. The molecule has 7 rings (SSSR count). The normalized spacial score (nSPS) is 20.2. The van der Waals surface area contributed by atoms with Crippen LogP contribution in [0.25, 0.3) is 0 Å². The maximum atomic E-state index is 15.3. The van der Waals surface area contributed by atoms with Crippen LogP contribution in [0.2, 0.25) is 0 Å². The summed E-state index contributed by atoms with van der Waals surface area (Å²) in [5.74, 6) is -3.35. The first kappa shape index (κ1) is 36.5. The van der Waals surface area contributed by atoms with Gasteiger partial charge in [-0.05, 0) is 61.2 Å². The molecule has 5 heterocycles. The number of likely N-dealkylation sites (tertiary alicyclic amines) is 1. The Morgan fingerprint density at radius 3 is 2.45 bits per heavy atom. The molecule has 0 radical (unpaired) electrons. The molecule has 0 aliphatic carbocycles. The van der Waals surface area contributed by atoms with Gasteiger partial charge in [0.25, 0.3) is 5.91 Å². The molecule has 1 saturated heterocycles. The molecule has 1 amide bonds. The number of nitrogens with one attached hydrogen (secondary N) is 1. The first-order chi connectivity index (χ1) is 25.1. The Labute approximate surface area is 298 Å². The van der Waals surface area contributed by atoms with Crippen molar-refractivity contribution >= 4 is 23.5 Å². The maximum absolute atomic E-state index is 15.3. The van der Waals surface area contributed by atoms with E-state index >= 15 is 4.39 Å². The minimum Gasteiger partial charge on any atom is -0.481 e. The molecule has 1 fully saturated rings.